The number of benzene rings is 2. The maximum Gasteiger partial charge on any atom is 0.667 e. The van der Waals surface area contributed by atoms with Crippen LogP contribution in [0.4, 0.5) is 17.5 Å². The van der Waals surface area contributed by atoms with Gasteiger partial charge in [0.05, 0.1) is 31.6 Å². The molecule has 15 heteroatoms. The summed E-state index contributed by atoms with van der Waals surface area (Å²) in [5.41, 5.74) is 14.2. The predicted octanol–water partition coefficient (Wildman–Crippen LogP) is 2.94. The number of hydrogen-bond acceptors (Lipinski definition) is 12. The molecule has 0 aliphatic heterocycles. The topological polar surface area (TPSA) is 192 Å². The van der Waals surface area contributed by atoms with Crippen LogP contribution >= 0.6 is 8.18 Å². The van der Waals surface area contributed by atoms with Crippen molar-refractivity contribution in [1.29, 1.82) is 0 Å². The van der Waals surface area contributed by atoms with Gasteiger partial charge >= 0.3 is 14.1 Å². The minimum absolute atomic E-state index is 0.0318. The number of fused-ring (bicyclic) bond motifs is 1. The van der Waals surface area contributed by atoms with E-state index in [0.717, 1.165) is 5.69 Å². The molecule has 2 aromatic heterocycles. The fourth-order valence-corrected chi connectivity index (χ4v) is 5.12. The van der Waals surface area contributed by atoms with E-state index in [-0.39, 0.29) is 37.4 Å². The molecule has 2 heterocycles. The van der Waals surface area contributed by atoms with E-state index in [4.69, 9.17) is 20.7 Å². The molecule has 0 radical (unpaired) electrons. The number of aromatic nitrogens is 4. The highest BCUT2D eigenvalue weighted by atomic mass is 31.1. The molecule has 0 fully saturated rings. The number of nitrogens with one attached hydrogen (secondary N) is 1. The summed E-state index contributed by atoms with van der Waals surface area (Å²) in [6.07, 6.45) is 1.59. The van der Waals surface area contributed by atoms with Crippen LogP contribution in [-0.2, 0) is 20.6 Å². The van der Waals surface area contributed by atoms with Crippen LogP contribution in [0.15, 0.2) is 60.8 Å². The first-order chi connectivity index (χ1) is 20.7. The van der Waals surface area contributed by atoms with Gasteiger partial charge in [-0.2, -0.15) is 9.97 Å². The summed E-state index contributed by atoms with van der Waals surface area (Å²) in [5.74, 6) is -0.278. The molecule has 0 aliphatic carbocycles. The summed E-state index contributed by atoms with van der Waals surface area (Å²) in [7, 11) is -0.561. The molecule has 0 saturated heterocycles. The molecule has 5 N–H and O–H groups in total. The Morgan fingerprint density at radius 3 is 2.47 bits per heavy atom. The van der Waals surface area contributed by atoms with Gasteiger partial charge in [-0.25, -0.2) is 14.5 Å². The second-order valence-corrected chi connectivity index (χ2v) is 10.6. The zero-order valence-electron chi connectivity index (χ0n) is 24.0. The van der Waals surface area contributed by atoms with Crippen LogP contribution in [0.3, 0.4) is 0 Å². The largest absolute Gasteiger partial charge is 0.667 e. The highest BCUT2D eigenvalue weighted by molar-refractivity contribution is 7.36. The van der Waals surface area contributed by atoms with Crippen LogP contribution in [0.5, 0.6) is 5.75 Å². The van der Waals surface area contributed by atoms with Crippen LogP contribution in [-0.4, -0.2) is 69.3 Å². The second-order valence-electron chi connectivity index (χ2n) is 9.39. The lowest BCUT2D eigenvalue weighted by molar-refractivity contribution is -0.147. The van der Waals surface area contributed by atoms with E-state index >= 15 is 0 Å². The monoisotopic (exact) mass is 606 g/mol. The van der Waals surface area contributed by atoms with Crippen LogP contribution < -0.4 is 26.2 Å². The molecule has 0 saturated carbocycles. The number of ether oxygens (including phenoxy) is 1. The zero-order chi connectivity index (χ0) is 30.9. The zero-order valence-corrected chi connectivity index (χ0v) is 24.9. The quantitative estimate of drug-likeness (QED) is 0.149. The summed E-state index contributed by atoms with van der Waals surface area (Å²) >= 11 is 0. The van der Waals surface area contributed by atoms with Gasteiger partial charge in [0, 0.05) is 29.4 Å². The van der Waals surface area contributed by atoms with E-state index in [1.54, 1.807) is 68.6 Å². The van der Waals surface area contributed by atoms with Crippen molar-refractivity contribution in [2.24, 2.45) is 0 Å². The van der Waals surface area contributed by atoms with Gasteiger partial charge in [-0.3, -0.25) is 9.59 Å². The van der Waals surface area contributed by atoms with Crippen molar-refractivity contribution in [3.8, 4) is 5.75 Å². The molecule has 1 amide bonds. The van der Waals surface area contributed by atoms with Gasteiger partial charge in [0.15, 0.2) is 28.8 Å². The number of hydrogen-bond donors (Lipinski definition) is 3. The van der Waals surface area contributed by atoms with Gasteiger partial charge in [-0.05, 0) is 54.9 Å². The molecule has 0 spiro atoms. The first-order valence-electron chi connectivity index (χ1n) is 13.4. The Kier molecular flexibility index (Phi) is 10.3. The third kappa shape index (κ3) is 8.09. The summed E-state index contributed by atoms with van der Waals surface area (Å²) in [6.45, 7) is 4.07. The van der Waals surface area contributed by atoms with Crippen molar-refractivity contribution in [3.05, 3.63) is 72.1 Å². The molecule has 4 aromatic rings. The average Bonchev–Trinajstić information content (AvgIpc) is 2.99. The number of amides is 1. The Labute approximate surface area is 249 Å². The number of anilines is 3. The number of nitrogens with two attached hydrogens (primary N) is 2. The number of carbonyl (C=O) groups excluding carboxylic acids is 2. The summed E-state index contributed by atoms with van der Waals surface area (Å²) < 4.78 is 25.1. The molecular weight excluding hydrogens is 573 g/mol. The molecule has 43 heavy (non-hydrogen) atoms. The maximum atomic E-state index is 13.0. The lowest BCUT2D eigenvalue weighted by atomic mass is 10.2. The van der Waals surface area contributed by atoms with Gasteiger partial charge in [0.1, 0.15) is 0 Å². The molecule has 2 aromatic carbocycles. The fourth-order valence-electron chi connectivity index (χ4n) is 4.07. The van der Waals surface area contributed by atoms with Crippen LogP contribution in [0.2, 0.25) is 0 Å². The Morgan fingerprint density at radius 2 is 1.77 bits per heavy atom. The fraction of sp³-hybridized carbons (Fsp3) is 0.286. The SMILES string of the molecule is CCOC(=O)C(C)N(CCNC(=O)c1ccc(N(C)Cc2cnc3nc(N)nc(N)c3n2)cc1)[P+](=O)Oc1ccccc1. The van der Waals surface area contributed by atoms with Crippen molar-refractivity contribution in [1.82, 2.24) is 29.9 Å². The third-order valence-electron chi connectivity index (χ3n) is 6.31. The van der Waals surface area contributed by atoms with E-state index in [0.29, 0.717) is 34.7 Å². The van der Waals surface area contributed by atoms with E-state index in [2.05, 4.69) is 25.3 Å². The maximum absolute atomic E-state index is 13.0. The lowest BCUT2D eigenvalue weighted by Crippen LogP contribution is -2.40. The molecule has 0 aliphatic rings. The van der Waals surface area contributed by atoms with Gasteiger partial charge in [-0.15, -0.1) is 0 Å². The van der Waals surface area contributed by atoms with Crippen molar-refractivity contribution in [2.75, 3.05) is 43.1 Å². The van der Waals surface area contributed by atoms with Crippen LogP contribution in [0.1, 0.15) is 29.9 Å². The Balaban J connectivity index is 1.35. The molecule has 2 unspecified atom stereocenters. The number of esters is 1. The van der Waals surface area contributed by atoms with Crippen molar-refractivity contribution in [3.63, 3.8) is 0 Å². The number of nitrogens with zero attached hydrogens (tertiary/aromatic N) is 6. The first kappa shape index (κ1) is 31.0. The number of carbonyl (C=O) groups is 2. The molecule has 224 valence electrons. The van der Waals surface area contributed by atoms with Crippen LogP contribution in [0.25, 0.3) is 11.2 Å². The molecule has 14 nitrogen and oxygen atoms in total. The van der Waals surface area contributed by atoms with E-state index in [1.165, 1.54) is 4.67 Å². The normalized spacial score (nSPS) is 12.0. The Bertz CT molecular complexity index is 1590. The molecule has 0 bridgehead atoms. The minimum atomic E-state index is -2.44. The Hall–Kier alpha value is -4.94. The van der Waals surface area contributed by atoms with Gasteiger partial charge in [0.2, 0.25) is 5.95 Å². The van der Waals surface area contributed by atoms with Gasteiger partial charge in [0.25, 0.3) is 5.91 Å². The highest BCUT2D eigenvalue weighted by Crippen LogP contribution is 2.33. The lowest BCUT2D eigenvalue weighted by Gasteiger charge is -2.19. The molecule has 4 rings (SSSR count). The molecular formula is C28H33N9O5P+. The van der Waals surface area contributed by atoms with Crippen LogP contribution in [0, 0.1) is 0 Å². The van der Waals surface area contributed by atoms with E-state index in [1.807, 2.05) is 18.0 Å². The van der Waals surface area contributed by atoms with Crippen molar-refractivity contribution < 1.29 is 23.4 Å². The van der Waals surface area contributed by atoms with Crippen molar-refractivity contribution in [2.45, 2.75) is 26.4 Å². The minimum Gasteiger partial charge on any atom is -0.465 e. The van der Waals surface area contributed by atoms with E-state index < -0.39 is 20.2 Å². The van der Waals surface area contributed by atoms with E-state index in [9.17, 15) is 14.2 Å². The van der Waals surface area contributed by atoms with Gasteiger partial charge < -0.3 is 26.4 Å². The summed E-state index contributed by atoms with van der Waals surface area (Å²) in [6, 6.07) is 14.8. The Morgan fingerprint density at radius 1 is 1.05 bits per heavy atom. The predicted molar refractivity (Wildman–Crippen MR) is 162 cm³/mol. The summed E-state index contributed by atoms with van der Waals surface area (Å²) in [4.78, 5) is 43.9. The molecule has 2 atom stereocenters. The standard InChI is InChI=1S/C28H32N9O5P/c1-4-41-27(39)18(2)37(43(40)42-22-8-6-5-7-9-22)15-14-31-26(38)19-10-12-21(13-11-19)36(3)17-20-16-32-25-23(33-20)24(29)34-28(30)35-25/h5-13,16,18H,4,14-15,17H2,1-3H3,(H4-,29,30,31,32,34,35,38)/p+1. The first-order valence-corrected chi connectivity index (χ1v) is 14.6. The number of para-hydroxylation sites is 1. The number of rotatable bonds is 13. The number of nitrogen functional groups attached to an aromatic ring is 2. The average molecular weight is 607 g/mol. The summed E-state index contributed by atoms with van der Waals surface area (Å²) in [5, 5.41) is 2.81. The highest BCUT2D eigenvalue weighted by Gasteiger charge is 2.40. The van der Waals surface area contributed by atoms with Gasteiger partial charge in [-0.1, -0.05) is 18.2 Å². The third-order valence-corrected chi connectivity index (χ3v) is 7.64. The smallest absolute Gasteiger partial charge is 0.465 e. The second kappa shape index (κ2) is 14.3. The van der Waals surface area contributed by atoms with Crippen molar-refractivity contribution >= 4 is 48.7 Å².